The van der Waals surface area contributed by atoms with Crippen LogP contribution in [0.5, 0.6) is 0 Å². The van der Waals surface area contributed by atoms with E-state index in [2.05, 4.69) is 74.2 Å². The van der Waals surface area contributed by atoms with Crippen LogP contribution in [0.1, 0.15) is 17.5 Å². The first-order valence-electron chi connectivity index (χ1n) is 7.77. The number of ether oxygens (including phenoxy) is 1. The van der Waals surface area contributed by atoms with Gasteiger partial charge in [0.25, 0.3) is 0 Å². The maximum absolute atomic E-state index is 5.78. The molecule has 0 aliphatic carbocycles. The SMILES string of the molecule is C[Si](C)(C)c1ccc(COCCCc2ccccc2)cc1. The summed E-state index contributed by atoms with van der Waals surface area (Å²) in [5.41, 5.74) is 2.66. The van der Waals surface area contributed by atoms with Crippen molar-refractivity contribution in [3.8, 4) is 0 Å². The molecular formula is C19H26OSi. The van der Waals surface area contributed by atoms with Crippen LogP contribution < -0.4 is 5.19 Å². The zero-order valence-electron chi connectivity index (χ0n) is 13.4. The van der Waals surface area contributed by atoms with Gasteiger partial charge in [0.1, 0.15) is 0 Å². The molecule has 0 unspecified atom stereocenters. The highest BCUT2D eigenvalue weighted by atomic mass is 28.3. The van der Waals surface area contributed by atoms with E-state index in [0.717, 1.165) is 26.1 Å². The molecule has 21 heavy (non-hydrogen) atoms. The lowest BCUT2D eigenvalue weighted by Crippen LogP contribution is -2.37. The van der Waals surface area contributed by atoms with Crippen LogP contribution in [-0.2, 0) is 17.8 Å². The number of hydrogen-bond acceptors (Lipinski definition) is 1. The zero-order valence-corrected chi connectivity index (χ0v) is 14.4. The van der Waals surface area contributed by atoms with Crippen LogP contribution in [-0.4, -0.2) is 14.7 Å². The quantitative estimate of drug-likeness (QED) is 0.544. The highest BCUT2D eigenvalue weighted by molar-refractivity contribution is 6.88. The molecule has 0 heterocycles. The van der Waals surface area contributed by atoms with Crippen molar-refractivity contribution in [2.75, 3.05) is 6.61 Å². The first kappa shape index (κ1) is 16.0. The summed E-state index contributed by atoms with van der Waals surface area (Å²) in [6, 6.07) is 19.6. The molecule has 0 N–H and O–H groups in total. The van der Waals surface area contributed by atoms with Crippen molar-refractivity contribution in [3.63, 3.8) is 0 Å². The van der Waals surface area contributed by atoms with E-state index in [-0.39, 0.29) is 0 Å². The number of hydrogen-bond donors (Lipinski definition) is 0. The van der Waals surface area contributed by atoms with Gasteiger partial charge in [0.05, 0.1) is 14.7 Å². The second-order valence-electron chi connectivity index (χ2n) is 6.59. The Morgan fingerprint density at radius 1 is 0.810 bits per heavy atom. The Morgan fingerprint density at radius 3 is 2.10 bits per heavy atom. The fourth-order valence-electron chi connectivity index (χ4n) is 2.31. The molecule has 1 nitrogen and oxygen atoms in total. The minimum atomic E-state index is -1.18. The largest absolute Gasteiger partial charge is 0.377 e. The van der Waals surface area contributed by atoms with E-state index in [9.17, 15) is 0 Å². The number of benzene rings is 2. The molecule has 0 spiro atoms. The molecule has 2 aromatic rings. The third-order valence-corrected chi connectivity index (χ3v) is 5.75. The minimum Gasteiger partial charge on any atom is -0.377 e. The van der Waals surface area contributed by atoms with Gasteiger partial charge >= 0.3 is 0 Å². The van der Waals surface area contributed by atoms with Gasteiger partial charge in [-0.25, -0.2) is 0 Å². The summed E-state index contributed by atoms with van der Waals surface area (Å²) in [5.74, 6) is 0. The zero-order chi connectivity index (χ0) is 15.1. The number of rotatable bonds is 7. The third kappa shape index (κ3) is 5.48. The smallest absolute Gasteiger partial charge is 0.0775 e. The number of aryl methyl sites for hydroxylation is 1. The molecule has 0 aromatic heterocycles. The molecular weight excluding hydrogens is 272 g/mol. The average Bonchev–Trinajstić information content (AvgIpc) is 2.47. The van der Waals surface area contributed by atoms with Crippen molar-refractivity contribution >= 4 is 13.3 Å². The Hall–Kier alpha value is -1.38. The van der Waals surface area contributed by atoms with Gasteiger partial charge in [-0.2, -0.15) is 0 Å². The predicted octanol–water partition coefficient (Wildman–Crippen LogP) is 4.38. The molecule has 0 aliphatic heterocycles. The van der Waals surface area contributed by atoms with E-state index in [1.807, 2.05) is 0 Å². The average molecular weight is 299 g/mol. The Labute approximate surface area is 130 Å². The van der Waals surface area contributed by atoms with Crippen LogP contribution in [0.25, 0.3) is 0 Å². The summed E-state index contributed by atoms with van der Waals surface area (Å²) in [5, 5.41) is 1.51. The normalized spacial score (nSPS) is 11.6. The van der Waals surface area contributed by atoms with Crippen molar-refractivity contribution < 1.29 is 4.74 Å². The summed E-state index contributed by atoms with van der Waals surface area (Å²) >= 11 is 0. The van der Waals surface area contributed by atoms with Gasteiger partial charge in [-0.1, -0.05) is 79.4 Å². The van der Waals surface area contributed by atoms with E-state index in [1.54, 1.807) is 0 Å². The Kier molecular flexibility index (Phi) is 5.77. The monoisotopic (exact) mass is 298 g/mol. The third-order valence-electron chi connectivity index (χ3n) is 3.69. The fraction of sp³-hybridized carbons (Fsp3) is 0.368. The molecule has 0 fully saturated rings. The Balaban J connectivity index is 1.69. The molecule has 112 valence electrons. The molecule has 2 heteroatoms. The van der Waals surface area contributed by atoms with Crippen molar-refractivity contribution in [2.45, 2.75) is 39.1 Å². The van der Waals surface area contributed by atoms with E-state index >= 15 is 0 Å². The van der Waals surface area contributed by atoms with Gasteiger partial charge in [0, 0.05) is 6.61 Å². The summed E-state index contributed by atoms with van der Waals surface area (Å²) < 4.78 is 5.78. The summed E-state index contributed by atoms with van der Waals surface area (Å²) in [4.78, 5) is 0. The highest BCUT2D eigenvalue weighted by Gasteiger charge is 2.15. The van der Waals surface area contributed by atoms with Crippen LogP contribution in [0.2, 0.25) is 19.6 Å². The highest BCUT2D eigenvalue weighted by Crippen LogP contribution is 2.07. The van der Waals surface area contributed by atoms with E-state index < -0.39 is 8.07 Å². The molecule has 0 atom stereocenters. The van der Waals surface area contributed by atoms with Crippen LogP contribution in [0.3, 0.4) is 0 Å². The van der Waals surface area contributed by atoms with Gasteiger partial charge in [0.15, 0.2) is 0 Å². The fourth-order valence-corrected chi connectivity index (χ4v) is 3.48. The molecule has 2 rings (SSSR count). The first-order valence-corrected chi connectivity index (χ1v) is 11.3. The van der Waals surface area contributed by atoms with Gasteiger partial charge < -0.3 is 4.74 Å². The van der Waals surface area contributed by atoms with Crippen LogP contribution in [0.4, 0.5) is 0 Å². The Bertz CT molecular complexity index is 526. The van der Waals surface area contributed by atoms with E-state index in [0.29, 0.717) is 0 Å². The molecule has 0 saturated heterocycles. The molecule has 0 aliphatic rings. The topological polar surface area (TPSA) is 9.23 Å². The standard InChI is InChI=1S/C19H26OSi/c1-21(2,3)19-13-11-18(12-14-19)16-20-15-7-10-17-8-5-4-6-9-17/h4-6,8-9,11-14H,7,10,15-16H2,1-3H3. The van der Waals surface area contributed by atoms with Crippen LogP contribution >= 0.6 is 0 Å². The maximum atomic E-state index is 5.78. The molecule has 2 aromatic carbocycles. The molecule has 0 saturated carbocycles. The first-order chi connectivity index (χ1) is 10.1. The summed E-state index contributed by atoms with van der Waals surface area (Å²) in [6.45, 7) is 8.68. The second-order valence-corrected chi connectivity index (χ2v) is 11.7. The molecule has 0 radical (unpaired) electrons. The van der Waals surface area contributed by atoms with Crippen molar-refractivity contribution in [1.82, 2.24) is 0 Å². The lowest BCUT2D eigenvalue weighted by Gasteiger charge is -2.16. The maximum Gasteiger partial charge on any atom is 0.0775 e. The summed E-state index contributed by atoms with van der Waals surface area (Å²) in [7, 11) is -1.18. The lowest BCUT2D eigenvalue weighted by molar-refractivity contribution is 0.118. The molecule has 0 bridgehead atoms. The lowest BCUT2D eigenvalue weighted by atomic mass is 10.1. The van der Waals surface area contributed by atoms with Crippen molar-refractivity contribution in [2.24, 2.45) is 0 Å². The van der Waals surface area contributed by atoms with Gasteiger partial charge in [-0.15, -0.1) is 0 Å². The van der Waals surface area contributed by atoms with Crippen molar-refractivity contribution in [1.29, 1.82) is 0 Å². The predicted molar refractivity (Wildman–Crippen MR) is 93.8 cm³/mol. The van der Waals surface area contributed by atoms with Crippen molar-refractivity contribution in [3.05, 3.63) is 65.7 Å². The Morgan fingerprint density at radius 2 is 1.48 bits per heavy atom. The van der Waals surface area contributed by atoms with Gasteiger partial charge in [0.2, 0.25) is 0 Å². The summed E-state index contributed by atoms with van der Waals surface area (Å²) in [6.07, 6.45) is 2.17. The second kappa shape index (κ2) is 7.58. The van der Waals surface area contributed by atoms with E-state index in [1.165, 1.54) is 16.3 Å². The minimum absolute atomic E-state index is 0.723. The van der Waals surface area contributed by atoms with E-state index in [4.69, 9.17) is 4.74 Å². The van der Waals surface area contributed by atoms with Gasteiger partial charge in [-0.3, -0.25) is 0 Å². The molecule has 0 amide bonds. The van der Waals surface area contributed by atoms with Crippen LogP contribution in [0.15, 0.2) is 54.6 Å². The van der Waals surface area contributed by atoms with Gasteiger partial charge in [-0.05, 0) is 24.0 Å². The van der Waals surface area contributed by atoms with Crippen LogP contribution in [0, 0.1) is 0 Å².